The zero-order valence-corrected chi connectivity index (χ0v) is 15.7. The predicted octanol–water partition coefficient (Wildman–Crippen LogP) is -2.23. The summed E-state index contributed by atoms with van der Waals surface area (Å²) in [4.78, 5) is 25.7. The molecular weight excluding hydrogens is 408 g/mol. The van der Waals surface area contributed by atoms with E-state index in [0.29, 0.717) is 0 Å². The molecule has 0 amide bonds. The van der Waals surface area contributed by atoms with Gasteiger partial charge in [-0.25, -0.2) is 4.79 Å². The monoisotopic (exact) mass is 429 g/mol. The summed E-state index contributed by atoms with van der Waals surface area (Å²) in [6.07, 6.45) is -7.84. The summed E-state index contributed by atoms with van der Waals surface area (Å²) in [5.41, 5.74) is -0.281. The van der Waals surface area contributed by atoms with E-state index in [9.17, 15) is 40.4 Å². The molecular formula is C17H21N2O11-. The average molecular weight is 429 g/mol. The Morgan fingerprint density at radius 2 is 2.00 bits per heavy atom. The molecule has 6 atom stereocenters. The highest BCUT2D eigenvalue weighted by Crippen LogP contribution is 2.36. The molecule has 0 bridgehead atoms. The highest BCUT2D eigenvalue weighted by Gasteiger charge is 2.56. The first-order valence-corrected chi connectivity index (χ1v) is 8.72. The van der Waals surface area contributed by atoms with Crippen LogP contribution in [0.4, 0.5) is 5.69 Å². The molecule has 2 rings (SSSR count). The van der Waals surface area contributed by atoms with Crippen LogP contribution < -0.4 is 9.84 Å². The SMILES string of the molecule is CC([O-])=N[C@H]1[C@H]([C@H](O)[C@H](O)CO)O[C@@](Oc2ccc([N+](=O)[O-])cc2)(C(=O)O)C[C@@H]1O. The van der Waals surface area contributed by atoms with Gasteiger partial charge in [0.05, 0.1) is 24.1 Å². The van der Waals surface area contributed by atoms with Crippen LogP contribution in [0.3, 0.4) is 0 Å². The quantitative estimate of drug-likeness (QED) is 0.129. The lowest BCUT2D eigenvalue weighted by Crippen LogP contribution is -2.64. The molecule has 0 aliphatic carbocycles. The molecule has 1 saturated heterocycles. The van der Waals surface area contributed by atoms with Crippen molar-refractivity contribution in [2.45, 2.75) is 49.6 Å². The van der Waals surface area contributed by atoms with Crippen LogP contribution in [-0.4, -0.2) is 85.2 Å². The van der Waals surface area contributed by atoms with Crippen molar-refractivity contribution < 1.29 is 49.8 Å². The van der Waals surface area contributed by atoms with Crippen molar-refractivity contribution in [1.29, 1.82) is 0 Å². The lowest BCUT2D eigenvalue weighted by atomic mass is 9.89. The molecule has 1 fully saturated rings. The van der Waals surface area contributed by atoms with Gasteiger partial charge in [-0.2, -0.15) is 0 Å². The maximum absolute atomic E-state index is 12.0. The Balaban J connectivity index is 2.42. The van der Waals surface area contributed by atoms with Crippen molar-refractivity contribution in [2.24, 2.45) is 4.99 Å². The van der Waals surface area contributed by atoms with Gasteiger partial charge in [-0.1, -0.05) is 0 Å². The summed E-state index contributed by atoms with van der Waals surface area (Å²) in [5.74, 6) is -5.21. The smallest absolute Gasteiger partial charge is 0.377 e. The minimum Gasteiger partial charge on any atom is -0.862 e. The van der Waals surface area contributed by atoms with Gasteiger partial charge in [-0.05, 0) is 25.0 Å². The second-order valence-corrected chi connectivity index (χ2v) is 6.64. The molecule has 166 valence electrons. The van der Waals surface area contributed by atoms with Crippen LogP contribution in [0.2, 0.25) is 0 Å². The minimum absolute atomic E-state index is 0.159. The van der Waals surface area contributed by atoms with E-state index in [1.807, 2.05) is 0 Å². The summed E-state index contributed by atoms with van der Waals surface area (Å²) in [6, 6.07) is 2.88. The Kier molecular flexibility index (Phi) is 7.28. The fourth-order valence-corrected chi connectivity index (χ4v) is 2.99. The maximum atomic E-state index is 12.0. The van der Waals surface area contributed by atoms with Gasteiger partial charge in [0.25, 0.3) is 5.69 Å². The molecule has 1 aromatic rings. The van der Waals surface area contributed by atoms with Gasteiger partial charge in [0.15, 0.2) is 0 Å². The summed E-state index contributed by atoms with van der Waals surface area (Å²) < 4.78 is 10.8. The van der Waals surface area contributed by atoms with Crippen molar-refractivity contribution in [3.05, 3.63) is 34.4 Å². The van der Waals surface area contributed by atoms with Crippen LogP contribution in [0.25, 0.3) is 0 Å². The first kappa shape index (κ1) is 23.4. The van der Waals surface area contributed by atoms with Crippen molar-refractivity contribution in [2.75, 3.05) is 6.61 Å². The van der Waals surface area contributed by atoms with Crippen LogP contribution >= 0.6 is 0 Å². The molecule has 1 aliphatic rings. The van der Waals surface area contributed by atoms with Gasteiger partial charge < -0.3 is 40.1 Å². The van der Waals surface area contributed by atoms with Crippen LogP contribution in [0.1, 0.15) is 13.3 Å². The number of nitro groups is 1. The predicted molar refractivity (Wildman–Crippen MR) is 95.6 cm³/mol. The summed E-state index contributed by atoms with van der Waals surface area (Å²) in [5, 5.41) is 71.5. The van der Waals surface area contributed by atoms with Crippen LogP contribution in [0.15, 0.2) is 29.3 Å². The summed E-state index contributed by atoms with van der Waals surface area (Å²) >= 11 is 0. The normalized spacial score (nSPS) is 29.1. The number of non-ortho nitro benzene ring substituents is 1. The molecule has 0 unspecified atom stereocenters. The number of carbonyl (C=O) groups is 1. The lowest BCUT2D eigenvalue weighted by molar-refractivity contribution is -0.384. The van der Waals surface area contributed by atoms with Crippen LogP contribution in [0, 0.1) is 10.1 Å². The number of benzene rings is 1. The Hall–Kier alpha value is -2.84. The van der Waals surface area contributed by atoms with Gasteiger partial charge in [0.1, 0.15) is 30.1 Å². The number of aliphatic hydroxyl groups is 4. The number of rotatable bonds is 8. The van der Waals surface area contributed by atoms with E-state index in [0.717, 1.165) is 31.2 Å². The minimum atomic E-state index is -2.58. The zero-order chi connectivity index (χ0) is 22.6. The second kappa shape index (κ2) is 9.32. The molecule has 0 saturated carbocycles. The highest BCUT2D eigenvalue weighted by atomic mass is 16.7. The van der Waals surface area contributed by atoms with E-state index in [1.54, 1.807) is 0 Å². The fourth-order valence-electron chi connectivity index (χ4n) is 2.99. The first-order valence-electron chi connectivity index (χ1n) is 8.72. The largest absolute Gasteiger partial charge is 0.862 e. The second-order valence-electron chi connectivity index (χ2n) is 6.64. The molecule has 0 aromatic heterocycles. The average Bonchev–Trinajstić information content (AvgIpc) is 2.68. The third-order valence-corrected chi connectivity index (χ3v) is 4.44. The number of nitrogens with zero attached hydrogens (tertiary/aromatic N) is 2. The Morgan fingerprint density at radius 3 is 2.47 bits per heavy atom. The zero-order valence-electron chi connectivity index (χ0n) is 15.7. The number of carboxylic acid groups (broad SMARTS) is 1. The van der Waals surface area contributed by atoms with E-state index < -0.39 is 66.1 Å². The number of aliphatic carboxylic acids is 1. The van der Waals surface area contributed by atoms with Gasteiger partial charge >= 0.3 is 11.8 Å². The van der Waals surface area contributed by atoms with Crippen molar-refractivity contribution in [3.8, 4) is 5.75 Å². The maximum Gasteiger partial charge on any atom is 0.377 e. The molecule has 1 heterocycles. The van der Waals surface area contributed by atoms with Gasteiger partial charge in [0, 0.05) is 12.1 Å². The van der Waals surface area contributed by atoms with Gasteiger partial charge in [-0.3, -0.25) is 15.1 Å². The van der Waals surface area contributed by atoms with Gasteiger partial charge in [0.2, 0.25) is 0 Å². The van der Waals surface area contributed by atoms with E-state index in [1.165, 1.54) is 0 Å². The Labute approximate surface area is 169 Å². The lowest BCUT2D eigenvalue weighted by Gasteiger charge is -2.45. The third kappa shape index (κ3) is 5.01. The standard InChI is InChI=1S/C17H22N2O11/c1-8(21)18-13-11(22)6-17(16(25)26,30-15(13)14(24)12(23)7-20)29-10-4-2-9(3-5-10)19(27)28/h2-5,11-15,20,22-24H,6-7H2,1H3,(H,18,21)(H,25,26)/p-1/t11-,12+,13+,14+,15+,17+/m0/s1. The van der Waals surface area contributed by atoms with Crippen molar-refractivity contribution in [3.63, 3.8) is 0 Å². The number of hydrogen-bond donors (Lipinski definition) is 5. The number of hydrogen-bond acceptors (Lipinski definition) is 11. The third-order valence-electron chi connectivity index (χ3n) is 4.44. The number of nitro benzene ring substituents is 1. The number of aliphatic hydroxyl groups excluding tert-OH is 4. The van der Waals surface area contributed by atoms with Gasteiger partial charge in [-0.15, -0.1) is 0 Å². The van der Waals surface area contributed by atoms with E-state index in [2.05, 4.69) is 4.99 Å². The van der Waals surface area contributed by atoms with Crippen molar-refractivity contribution in [1.82, 2.24) is 0 Å². The van der Waals surface area contributed by atoms with Crippen LogP contribution in [0.5, 0.6) is 5.75 Å². The number of aliphatic imine (C=N–C) groups is 1. The van der Waals surface area contributed by atoms with E-state index in [-0.39, 0.29) is 11.4 Å². The topological polar surface area (TPSA) is 215 Å². The molecule has 30 heavy (non-hydrogen) atoms. The van der Waals surface area contributed by atoms with E-state index >= 15 is 0 Å². The molecule has 1 aliphatic heterocycles. The molecule has 1 aromatic carbocycles. The van der Waals surface area contributed by atoms with Crippen LogP contribution in [-0.2, 0) is 9.53 Å². The molecule has 0 spiro atoms. The number of ether oxygens (including phenoxy) is 2. The molecule has 13 heteroatoms. The highest BCUT2D eigenvalue weighted by molar-refractivity contribution is 5.76. The first-order chi connectivity index (χ1) is 14.0. The van der Waals surface area contributed by atoms with Crippen molar-refractivity contribution >= 4 is 17.6 Å². The summed E-state index contributed by atoms with van der Waals surface area (Å²) in [7, 11) is 0. The fraction of sp³-hybridized carbons (Fsp3) is 0.529. The summed E-state index contributed by atoms with van der Waals surface area (Å²) in [6.45, 7) is 0.137. The Bertz CT molecular complexity index is 795. The molecule has 5 N–H and O–H groups in total. The molecule has 13 nitrogen and oxygen atoms in total. The van der Waals surface area contributed by atoms with E-state index in [4.69, 9.17) is 14.6 Å². The number of carboxylic acids is 1. The molecule has 0 radical (unpaired) electrons. The Morgan fingerprint density at radius 1 is 1.40 bits per heavy atom.